The predicted molar refractivity (Wildman–Crippen MR) is 145 cm³/mol. The number of carbonyl (C=O) groups is 2. The van der Waals surface area contributed by atoms with Crippen LogP contribution in [0.1, 0.15) is 49.5 Å². The van der Waals surface area contributed by atoms with Gasteiger partial charge in [-0.05, 0) is 76.3 Å². The highest BCUT2D eigenvalue weighted by atomic mass is 19.1. The molecule has 208 valence electrons. The summed E-state index contributed by atoms with van der Waals surface area (Å²) in [4.78, 5) is 40.9. The van der Waals surface area contributed by atoms with E-state index in [0.717, 1.165) is 49.9 Å². The fourth-order valence-electron chi connectivity index (χ4n) is 4.95. The number of aromatic carboxylic acids is 1. The summed E-state index contributed by atoms with van der Waals surface area (Å²) in [5.41, 5.74) is -0.0979. The van der Waals surface area contributed by atoms with Crippen LogP contribution in [0.5, 0.6) is 0 Å². The van der Waals surface area contributed by atoms with Crippen molar-refractivity contribution in [1.82, 2.24) is 9.47 Å². The first-order valence-electron chi connectivity index (χ1n) is 12.8. The molecule has 4 rings (SSSR count). The van der Waals surface area contributed by atoms with Crippen LogP contribution < -0.4 is 10.3 Å². The molecule has 0 aliphatic carbocycles. The van der Waals surface area contributed by atoms with E-state index in [0.29, 0.717) is 23.5 Å². The van der Waals surface area contributed by atoms with Gasteiger partial charge < -0.3 is 24.2 Å². The maximum atomic E-state index is 14.8. The summed E-state index contributed by atoms with van der Waals surface area (Å²) >= 11 is 0. The molecule has 2 heterocycles. The summed E-state index contributed by atoms with van der Waals surface area (Å²) in [5.74, 6) is -2.76. The molecule has 39 heavy (non-hydrogen) atoms. The average Bonchev–Trinajstić information content (AvgIpc) is 3.31. The summed E-state index contributed by atoms with van der Waals surface area (Å²) in [5, 5.41) is 9.79. The van der Waals surface area contributed by atoms with Crippen LogP contribution in [0, 0.1) is 24.5 Å². The van der Waals surface area contributed by atoms with Crippen molar-refractivity contribution >= 4 is 28.7 Å². The molecule has 8 nitrogen and oxygen atoms in total. The summed E-state index contributed by atoms with van der Waals surface area (Å²) < 4.78 is 35.2. The smallest absolute Gasteiger partial charge is 0.410 e. The van der Waals surface area contributed by atoms with E-state index in [1.54, 1.807) is 24.9 Å². The Bertz CT molecular complexity index is 1490. The molecule has 3 aromatic rings. The molecule has 2 aromatic carbocycles. The number of hydrogen-bond donors (Lipinski definition) is 1. The van der Waals surface area contributed by atoms with Crippen molar-refractivity contribution in [3.63, 3.8) is 0 Å². The number of aryl methyl sites for hydroxylation is 1. The molecule has 1 aromatic heterocycles. The number of fused-ring (bicyclic) bond motifs is 1. The van der Waals surface area contributed by atoms with Gasteiger partial charge in [0.15, 0.2) is 0 Å². The zero-order valence-corrected chi connectivity index (χ0v) is 22.8. The van der Waals surface area contributed by atoms with Crippen molar-refractivity contribution in [1.29, 1.82) is 0 Å². The average molecular weight is 542 g/mol. The Kier molecular flexibility index (Phi) is 7.68. The second-order valence-corrected chi connectivity index (χ2v) is 11.1. The van der Waals surface area contributed by atoms with Crippen LogP contribution in [-0.2, 0) is 4.74 Å². The van der Waals surface area contributed by atoms with Gasteiger partial charge in [0.05, 0.1) is 11.2 Å². The Labute approximate surface area is 225 Å². The monoisotopic (exact) mass is 541 g/mol. The standard InChI is InChI=1S/C29H33F2N3O5/c1-17-12-20(33-11-9-18(15-33)8-10-32(5)28(38)39-29(2,3)4)14-24-25(17)26(35)21(27(36)37)16-34(24)23-7-6-19(30)13-22(23)31/h6-7,12-14,16,18H,8-11,15H2,1-5H3,(H,36,37)/t18-/m0/s1. The predicted octanol–water partition coefficient (Wildman–Crippen LogP) is 5.36. The lowest BCUT2D eigenvalue weighted by atomic mass is 10.0. The summed E-state index contributed by atoms with van der Waals surface area (Å²) in [6.45, 7) is 9.20. The summed E-state index contributed by atoms with van der Waals surface area (Å²) in [7, 11) is 1.71. The lowest BCUT2D eigenvalue weighted by Gasteiger charge is -2.25. The van der Waals surface area contributed by atoms with Crippen molar-refractivity contribution in [3.05, 3.63) is 69.5 Å². The molecule has 10 heteroatoms. The Balaban J connectivity index is 1.64. The number of pyridine rings is 1. The van der Waals surface area contributed by atoms with Crippen molar-refractivity contribution in [2.45, 2.75) is 46.1 Å². The second kappa shape index (κ2) is 10.7. The molecule has 0 spiro atoms. The topological polar surface area (TPSA) is 92.1 Å². The quantitative estimate of drug-likeness (QED) is 0.452. The number of hydrogen-bond acceptors (Lipinski definition) is 5. The normalized spacial score (nSPS) is 15.6. The van der Waals surface area contributed by atoms with Gasteiger partial charge in [0.2, 0.25) is 5.43 Å². The fourth-order valence-corrected chi connectivity index (χ4v) is 4.95. The van der Waals surface area contributed by atoms with E-state index in [9.17, 15) is 28.3 Å². The van der Waals surface area contributed by atoms with E-state index in [1.807, 2.05) is 26.8 Å². The first-order valence-corrected chi connectivity index (χ1v) is 12.8. The maximum absolute atomic E-state index is 14.8. The van der Waals surface area contributed by atoms with E-state index >= 15 is 0 Å². The van der Waals surface area contributed by atoms with Crippen LogP contribution in [0.2, 0.25) is 0 Å². The number of amides is 1. The Hall–Kier alpha value is -3.95. The van der Waals surface area contributed by atoms with Gasteiger partial charge >= 0.3 is 12.1 Å². The van der Waals surface area contributed by atoms with Crippen LogP contribution in [-0.4, -0.2) is 58.9 Å². The first kappa shape index (κ1) is 28.1. The third-order valence-electron chi connectivity index (χ3n) is 6.92. The van der Waals surface area contributed by atoms with Crippen LogP contribution >= 0.6 is 0 Å². The number of rotatable bonds is 6. The van der Waals surface area contributed by atoms with Crippen LogP contribution in [0.3, 0.4) is 0 Å². The van der Waals surface area contributed by atoms with Crippen molar-refractivity contribution in [2.24, 2.45) is 5.92 Å². The molecule has 1 atom stereocenters. The Morgan fingerprint density at radius 3 is 2.54 bits per heavy atom. The van der Waals surface area contributed by atoms with Crippen LogP contribution in [0.4, 0.5) is 19.3 Å². The third-order valence-corrected chi connectivity index (χ3v) is 6.92. The van der Waals surface area contributed by atoms with Gasteiger partial charge in [0, 0.05) is 50.0 Å². The maximum Gasteiger partial charge on any atom is 0.410 e. The van der Waals surface area contributed by atoms with Gasteiger partial charge in [-0.2, -0.15) is 0 Å². The second-order valence-electron chi connectivity index (χ2n) is 11.1. The number of carboxylic acid groups (broad SMARTS) is 1. The fraction of sp³-hybridized carbons (Fsp3) is 0.414. The largest absolute Gasteiger partial charge is 0.477 e. The molecular formula is C29H33F2N3O5. The van der Waals surface area contributed by atoms with Gasteiger partial charge in [0.25, 0.3) is 0 Å². The van der Waals surface area contributed by atoms with Crippen molar-refractivity contribution in [3.8, 4) is 5.69 Å². The molecular weight excluding hydrogens is 508 g/mol. The molecule has 0 radical (unpaired) electrons. The van der Waals surface area contributed by atoms with Crippen molar-refractivity contribution < 1.29 is 28.2 Å². The highest BCUT2D eigenvalue weighted by Crippen LogP contribution is 2.31. The SMILES string of the molecule is Cc1cc(N2CC[C@H](CCN(C)C(=O)OC(C)(C)C)C2)cc2c1c(=O)c(C(=O)O)cn2-c1ccc(F)cc1F. The van der Waals surface area contributed by atoms with E-state index in [-0.39, 0.29) is 17.2 Å². The number of halogens is 2. The Morgan fingerprint density at radius 1 is 1.18 bits per heavy atom. The minimum atomic E-state index is -1.43. The van der Waals surface area contributed by atoms with Crippen molar-refractivity contribution in [2.75, 3.05) is 31.6 Å². The minimum absolute atomic E-state index is 0.0649. The summed E-state index contributed by atoms with van der Waals surface area (Å²) in [6, 6.07) is 6.59. The molecule has 1 fully saturated rings. The van der Waals surface area contributed by atoms with E-state index in [1.165, 1.54) is 10.6 Å². The molecule has 0 unspecified atom stereocenters. The third kappa shape index (κ3) is 6.05. The van der Waals surface area contributed by atoms with Gasteiger partial charge in [-0.15, -0.1) is 0 Å². The van der Waals surface area contributed by atoms with Gasteiger partial charge in [-0.1, -0.05) is 0 Å². The molecule has 1 amide bonds. The van der Waals surface area contributed by atoms with Gasteiger partial charge in [0.1, 0.15) is 22.8 Å². The van der Waals surface area contributed by atoms with Gasteiger partial charge in [-0.25, -0.2) is 18.4 Å². The molecule has 0 bridgehead atoms. The molecule has 1 aliphatic rings. The highest BCUT2D eigenvalue weighted by Gasteiger charge is 2.27. The van der Waals surface area contributed by atoms with Gasteiger partial charge in [-0.3, -0.25) is 4.79 Å². The number of carbonyl (C=O) groups excluding carboxylic acids is 1. The number of carboxylic acids is 1. The van der Waals surface area contributed by atoms with E-state index < -0.39 is 34.2 Å². The van der Waals surface area contributed by atoms with Crippen LogP contribution in [0.25, 0.3) is 16.6 Å². The zero-order chi connectivity index (χ0) is 28.6. The number of nitrogens with zero attached hydrogens (tertiary/aromatic N) is 3. The first-order chi connectivity index (χ1) is 18.2. The number of aromatic nitrogens is 1. The Morgan fingerprint density at radius 2 is 1.90 bits per heavy atom. The molecule has 1 saturated heterocycles. The van der Waals surface area contributed by atoms with E-state index in [4.69, 9.17) is 4.74 Å². The minimum Gasteiger partial charge on any atom is -0.477 e. The number of ether oxygens (including phenoxy) is 1. The highest BCUT2D eigenvalue weighted by molar-refractivity contribution is 5.95. The molecule has 1 aliphatic heterocycles. The lowest BCUT2D eigenvalue weighted by Crippen LogP contribution is -2.35. The number of anilines is 1. The molecule has 1 N–H and O–H groups in total. The zero-order valence-electron chi connectivity index (χ0n) is 22.8. The lowest BCUT2D eigenvalue weighted by molar-refractivity contribution is 0.0291. The number of benzene rings is 2. The van der Waals surface area contributed by atoms with E-state index in [2.05, 4.69) is 4.90 Å². The summed E-state index contributed by atoms with van der Waals surface area (Å²) in [6.07, 6.45) is 2.41. The molecule has 0 saturated carbocycles. The van der Waals surface area contributed by atoms with Crippen LogP contribution in [0.15, 0.2) is 41.3 Å².